The number of hydrogen-bond acceptors (Lipinski definition) is 3. The van der Waals surface area contributed by atoms with Crippen molar-refractivity contribution in [1.29, 1.82) is 0 Å². The Hall–Kier alpha value is -1.16. The zero-order chi connectivity index (χ0) is 9.84. The van der Waals surface area contributed by atoms with Crippen molar-refractivity contribution >= 4 is 23.4 Å². The summed E-state index contributed by atoms with van der Waals surface area (Å²) < 4.78 is 0. The van der Waals surface area contributed by atoms with Crippen LogP contribution < -0.4 is 5.73 Å². The third kappa shape index (κ3) is 2.99. The molecule has 1 rings (SSSR count). The highest BCUT2D eigenvalue weighted by atomic mass is 32.2. The number of rotatable bonds is 3. The molecule has 1 aromatic rings. The van der Waals surface area contributed by atoms with Crippen LogP contribution in [0.15, 0.2) is 23.1 Å². The van der Waals surface area contributed by atoms with E-state index in [1.54, 1.807) is 6.07 Å². The van der Waals surface area contributed by atoms with Gasteiger partial charge in [-0.1, -0.05) is 0 Å². The molecule has 0 spiro atoms. The second kappa shape index (κ2) is 4.18. The number of carboxylic acid groups (broad SMARTS) is 1. The quantitative estimate of drug-likeness (QED) is 0.572. The normalized spacial score (nSPS) is 9.92. The van der Waals surface area contributed by atoms with E-state index in [0.29, 0.717) is 0 Å². The van der Waals surface area contributed by atoms with Crippen LogP contribution in [-0.4, -0.2) is 16.8 Å². The highest BCUT2D eigenvalue weighted by Crippen LogP contribution is 2.21. The molecule has 70 valence electrons. The minimum Gasteiger partial charge on any atom is -0.481 e. The minimum atomic E-state index is -0.806. The summed E-state index contributed by atoms with van der Waals surface area (Å²) in [6.07, 6.45) is 0. The molecule has 0 heterocycles. The van der Waals surface area contributed by atoms with Crippen LogP contribution in [0.1, 0.15) is 5.56 Å². The third-order valence-electron chi connectivity index (χ3n) is 1.60. The summed E-state index contributed by atoms with van der Waals surface area (Å²) in [7, 11) is 0. The lowest BCUT2D eigenvalue weighted by molar-refractivity contribution is -0.133. The predicted octanol–water partition coefficient (Wildman–Crippen LogP) is 1.75. The van der Waals surface area contributed by atoms with E-state index >= 15 is 0 Å². The van der Waals surface area contributed by atoms with Crippen molar-refractivity contribution in [2.75, 3.05) is 11.5 Å². The van der Waals surface area contributed by atoms with Crippen LogP contribution in [-0.2, 0) is 4.79 Å². The smallest absolute Gasteiger partial charge is 0.313 e. The van der Waals surface area contributed by atoms with Gasteiger partial charge in [0.25, 0.3) is 0 Å². The first kappa shape index (κ1) is 9.92. The number of thioether (sulfide) groups is 1. The molecular formula is C9H11NO2S. The van der Waals surface area contributed by atoms with Crippen molar-refractivity contribution < 1.29 is 9.90 Å². The average molecular weight is 197 g/mol. The molecule has 0 atom stereocenters. The van der Waals surface area contributed by atoms with Crippen molar-refractivity contribution in [1.82, 2.24) is 0 Å². The van der Waals surface area contributed by atoms with Crippen molar-refractivity contribution in [3.05, 3.63) is 23.8 Å². The fraction of sp³-hybridized carbons (Fsp3) is 0.222. The van der Waals surface area contributed by atoms with E-state index < -0.39 is 5.97 Å². The zero-order valence-electron chi connectivity index (χ0n) is 7.28. The summed E-state index contributed by atoms with van der Waals surface area (Å²) in [5.41, 5.74) is 7.34. The van der Waals surface area contributed by atoms with E-state index in [1.807, 2.05) is 19.1 Å². The number of carbonyl (C=O) groups is 1. The fourth-order valence-electron chi connectivity index (χ4n) is 0.883. The Balaban J connectivity index is 2.68. The van der Waals surface area contributed by atoms with Crippen molar-refractivity contribution in [2.45, 2.75) is 11.8 Å². The van der Waals surface area contributed by atoms with Crippen LogP contribution >= 0.6 is 11.8 Å². The van der Waals surface area contributed by atoms with Gasteiger partial charge in [-0.15, -0.1) is 11.8 Å². The molecule has 13 heavy (non-hydrogen) atoms. The number of nitrogen functional groups attached to an aromatic ring is 1. The SMILES string of the molecule is Cc1cc(SCC(=O)O)ccc1N. The lowest BCUT2D eigenvalue weighted by Gasteiger charge is -2.02. The molecule has 0 unspecified atom stereocenters. The Kier molecular flexibility index (Phi) is 3.19. The Morgan fingerprint density at radius 2 is 2.31 bits per heavy atom. The zero-order valence-corrected chi connectivity index (χ0v) is 8.10. The molecule has 0 saturated heterocycles. The number of benzene rings is 1. The van der Waals surface area contributed by atoms with E-state index in [9.17, 15) is 4.79 Å². The molecule has 0 aliphatic heterocycles. The van der Waals surface area contributed by atoms with Crippen LogP contribution in [0.5, 0.6) is 0 Å². The van der Waals surface area contributed by atoms with E-state index in [1.165, 1.54) is 11.8 Å². The largest absolute Gasteiger partial charge is 0.481 e. The topological polar surface area (TPSA) is 63.3 Å². The van der Waals surface area contributed by atoms with Gasteiger partial charge in [-0.05, 0) is 30.7 Å². The Bertz CT molecular complexity index is 325. The summed E-state index contributed by atoms with van der Waals surface area (Å²) in [4.78, 5) is 11.2. The summed E-state index contributed by atoms with van der Waals surface area (Å²) in [6.45, 7) is 1.90. The van der Waals surface area contributed by atoms with E-state index in [-0.39, 0.29) is 5.75 Å². The van der Waals surface area contributed by atoms with Crippen molar-refractivity contribution in [3.8, 4) is 0 Å². The van der Waals surface area contributed by atoms with Gasteiger partial charge in [-0.2, -0.15) is 0 Å². The van der Waals surface area contributed by atoms with Crippen LogP contribution in [0.4, 0.5) is 5.69 Å². The molecular weight excluding hydrogens is 186 g/mol. The van der Waals surface area contributed by atoms with Gasteiger partial charge < -0.3 is 10.8 Å². The monoisotopic (exact) mass is 197 g/mol. The number of nitrogens with two attached hydrogens (primary N) is 1. The second-order valence-electron chi connectivity index (χ2n) is 2.70. The third-order valence-corrected chi connectivity index (χ3v) is 2.58. The number of hydrogen-bond donors (Lipinski definition) is 2. The van der Waals surface area contributed by atoms with Gasteiger partial charge in [0.2, 0.25) is 0 Å². The van der Waals surface area contributed by atoms with Gasteiger partial charge in [0.15, 0.2) is 0 Å². The first-order valence-corrected chi connectivity index (χ1v) is 4.79. The highest BCUT2D eigenvalue weighted by Gasteiger charge is 2.00. The minimum absolute atomic E-state index is 0.0867. The summed E-state index contributed by atoms with van der Waals surface area (Å²) >= 11 is 1.30. The predicted molar refractivity (Wildman–Crippen MR) is 54.0 cm³/mol. The first-order valence-electron chi connectivity index (χ1n) is 3.80. The molecule has 0 bridgehead atoms. The van der Waals surface area contributed by atoms with Crippen LogP contribution in [0, 0.1) is 6.92 Å². The van der Waals surface area contributed by atoms with E-state index in [4.69, 9.17) is 10.8 Å². The molecule has 3 N–H and O–H groups in total. The average Bonchev–Trinajstić information content (AvgIpc) is 2.07. The van der Waals surface area contributed by atoms with Gasteiger partial charge in [0.1, 0.15) is 0 Å². The van der Waals surface area contributed by atoms with Gasteiger partial charge in [0, 0.05) is 10.6 Å². The molecule has 0 saturated carbocycles. The first-order chi connectivity index (χ1) is 6.09. The lowest BCUT2D eigenvalue weighted by Crippen LogP contribution is -1.97. The van der Waals surface area contributed by atoms with Gasteiger partial charge >= 0.3 is 5.97 Å². The van der Waals surface area contributed by atoms with Crippen LogP contribution in [0.25, 0.3) is 0 Å². The molecule has 0 aliphatic rings. The molecule has 0 fully saturated rings. The molecule has 3 nitrogen and oxygen atoms in total. The van der Waals surface area contributed by atoms with Crippen LogP contribution in [0.3, 0.4) is 0 Å². The lowest BCUT2D eigenvalue weighted by atomic mass is 10.2. The maximum absolute atomic E-state index is 10.3. The number of anilines is 1. The van der Waals surface area contributed by atoms with Crippen molar-refractivity contribution in [2.24, 2.45) is 0 Å². The molecule has 0 aromatic heterocycles. The summed E-state index contributed by atoms with van der Waals surface area (Å²) in [5.74, 6) is -0.719. The second-order valence-corrected chi connectivity index (χ2v) is 3.75. The maximum Gasteiger partial charge on any atom is 0.313 e. The van der Waals surface area contributed by atoms with Crippen LogP contribution in [0.2, 0.25) is 0 Å². The van der Waals surface area contributed by atoms with E-state index in [0.717, 1.165) is 16.1 Å². The summed E-state index contributed by atoms with van der Waals surface area (Å²) in [5, 5.41) is 8.45. The fourth-order valence-corrected chi connectivity index (χ4v) is 1.60. The van der Waals surface area contributed by atoms with Gasteiger partial charge in [-0.25, -0.2) is 0 Å². The molecule has 0 radical (unpaired) electrons. The molecule has 4 heteroatoms. The molecule has 0 amide bonds. The number of carboxylic acids is 1. The number of aryl methyl sites for hydroxylation is 1. The Morgan fingerprint density at radius 3 is 2.85 bits per heavy atom. The van der Waals surface area contributed by atoms with Gasteiger partial charge in [-0.3, -0.25) is 4.79 Å². The molecule has 1 aromatic carbocycles. The highest BCUT2D eigenvalue weighted by molar-refractivity contribution is 8.00. The Morgan fingerprint density at radius 1 is 1.62 bits per heavy atom. The number of aliphatic carboxylic acids is 1. The van der Waals surface area contributed by atoms with Gasteiger partial charge in [0.05, 0.1) is 5.75 Å². The molecule has 0 aliphatic carbocycles. The summed E-state index contributed by atoms with van der Waals surface area (Å²) in [6, 6.07) is 5.51. The standard InChI is InChI=1S/C9H11NO2S/c1-6-4-7(2-3-8(6)10)13-5-9(11)12/h2-4H,5,10H2,1H3,(H,11,12). The van der Waals surface area contributed by atoms with E-state index in [2.05, 4.69) is 0 Å². The maximum atomic E-state index is 10.3. The van der Waals surface area contributed by atoms with Crippen molar-refractivity contribution in [3.63, 3.8) is 0 Å². The Labute approximate surface area is 80.9 Å².